The van der Waals surface area contributed by atoms with Gasteiger partial charge in [0, 0.05) is 42.1 Å². The molecule has 0 saturated heterocycles. The van der Waals surface area contributed by atoms with Crippen LogP contribution >= 0.6 is 22.6 Å². The van der Waals surface area contributed by atoms with Crippen LogP contribution in [0.5, 0.6) is 0 Å². The number of nitrogens with one attached hydrogen (secondary N) is 3. The second kappa shape index (κ2) is 11.0. The summed E-state index contributed by atoms with van der Waals surface area (Å²) in [7, 11) is 0. The number of halogens is 1. The molecule has 110 valence electrons. The summed E-state index contributed by atoms with van der Waals surface area (Å²) in [6.45, 7) is 5.11. The second-order valence-corrected chi connectivity index (χ2v) is 5.13. The monoisotopic (exact) mass is 383 g/mol. The molecule has 0 bridgehead atoms. The van der Waals surface area contributed by atoms with Gasteiger partial charge in [0.1, 0.15) is 6.04 Å². The summed E-state index contributed by atoms with van der Waals surface area (Å²) >= 11 is 1.58. The van der Waals surface area contributed by atoms with Crippen LogP contribution in [0.25, 0.3) is 0 Å². The van der Waals surface area contributed by atoms with Crippen molar-refractivity contribution in [2.75, 3.05) is 13.1 Å². The van der Waals surface area contributed by atoms with Crippen LogP contribution in [0.2, 0.25) is 0 Å². The van der Waals surface area contributed by atoms with Crippen molar-refractivity contribution in [3.8, 4) is 0 Å². The summed E-state index contributed by atoms with van der Waals surface area (Å²) in [5.74, 6) is -0.340. The average molecular weight is 383 g/mol. The van der Waals surface area contributed by atoms with E-state index in [0.717, 1.165) is 12.8 Å². The van der Waals surface area contributed by atoms with Crippen LogP contribution in [0.3, 0.4) is 0 Å². The summed E-state index contributed by atoms with van der Waals surface area (Å²) in [6.07, 6.45) is 2.23. The fourth-order valence-corrected chi connectivity index (χ4v) is 1.78. The molecule has 3 N–H and O–H groups in total. The third-order valence-corrected chi connectivity index (χ3v) is 2.70. The number of amides is 3. The van der Waals surface area contributed by atoms with Gasteiger partial charge in [-0.1, -0.05) is 13.8 Å². The van der Waals surface area contributed by atoms with Crippen molar-refractivity contribution in [3.63, 3.8) is 0 Å². The smallest absolute Gasteiger partial charge is 0.281 e. The second-order valence-electron chi connectivity index (χ2n) is 4.15. The highest BCUT2D eigenvalue weighted by molar-refractivity contribution is 14.1. The minimum atomic E-state index is -0.650. The molecule has 0 aromatic rings. The molecule has 19 heavy (non-hydrogen) atoms. The van der Waals surface area contributed by atoms with Gasteiger partial charge in [-0.25, -0.2) is 0 Å². The van der Waals surface area contributed by atoms with Crippen molar-refractivity contribution >= 4 is 38.3 Å². The minimum absolute atomic E-state index is 0.0992. The molecule has 0 saturated carbocycles. The van der Waals surface area contributed by atoms with Crippen LogP contribution in [0.4, 0.5) is 4.79 Å². The molecule has 0 radical (unpaired) electrons. The summed E-state index contributed by atoms with van der Waals surface area (Å²) in [5, 5.41) is 8.01. The molecular weight excluding hydrogens is 361 g/mol. The van der Waals surface area contributed by atoms with Crippen molar-refractivity contribution in [2.24, 2.45) is 0 Å². The van der Waals surface area contributed by atoms with Gasteiger partial charge in [-0.05, 0) is 19.3 Å². The molecule has 0 aromatic carbocycles. The van der Waals surface area contributed by atoms with Gasteiger partial charge < -0.3 is 16.0 Å². The van der Waals surface area contributed by atoms with Gasteiger partial charge in [0.05, 0.1) is 0 Å². The number of hydrogen-bond donors (Lipinski definition) is 3. The summed E-state index contributed by atoms with van der Waals surface area (Å²) in [4.78, 5) is 34.3. The highest BCUT2D eigenvalue weighted by Crippen LogP contribution is 2.01. The van der Waals surface area contributed by atoms with Gasteiger partial charge in [0.25, 0.3) is 3.91 Å². The van der Waals surface area contributed by atoms with Crippen LogP contribution < -0.4 is 16.0 Å². The van der Waals surface area contributed by atoms with Crippen LogP contribution in [0.15, 0.2) is 0 Å². The number of carbonyl (C=O) groups is 3. The van der Waals surface area contributed by atoms with E-state index < -0.39 is 6.04 Å². The Morgan fingerprint density at radius 1 is 1.05 bits per heavy atom. The van der Waals surface area contributed by atoms with E-state index in [1.54, 1.807) is 22.6 Å². The van der Waals surface area contributed by atoms with Gasteiger partial charge in [0.2, 0.25) is 11.8 Å². The van der Waals surface area contributed by atoms with E-state index in [1.807, 2.05) is 13.8 Å². The largest absolute Gasteiger partial charge is 0.356 e. The fourth-order valence-electron chi connectivity index (χ4n) is 1.41. The highest BCUT2D eigenvalue weighted by Gasteiger charge is 2.20. The maximum Gasteiger partial charge on any atom is 0.281 e. The zero-order chi connectivity index (χ0) is 14.7. The number of carbonyl (C=O) groups excluding carboxylic acids is 3. The Morgan fingerprint density at radius 3 is 2.16 bits per heavy atom. The summed E-state index contributed by atoms with van der Waals surface area (Å²) in [6, 6.07) is -0.650. The van der Waals surface area contributed by atoms with Crippen LogP contribution in [0.1, 0.15) is 39.5 Å². The Hall–Kier alpha value is -0.860. The molecule has 6 nitrogen and oxygen atoms in total. The lowest BCUT2D eigenvalue weighted by molar-refractivity contribution is -0.123. The molecule has 7 heteroatoms. The lowest BCUT2D eigenvalue weighted by atomic mass is 10.1. The zero-order valence-corrected chi connectivity index (χ0v) is 13.6. The fraction of sp³-hybridized carbons (Fsp3) is 0.750. The molecule has 0 aliphatic carbocycles. The number of rotatable bonds is 9. The first kappa shape index (κ1) is 18.1. The Balaban J connectivity index is 4.22. The summed E-state index contributed by atoms with van der Waals surface area (Å²) in [5.41, 5.74) is 0. The predicted molar refractivity (Wildman–Crippen MR) is 82.2 cm³/mol. The minimum Gasteiger partial charge on any atom is -0.356 e. The van der Waals surface area contributed by atoms with Crippen LogP contribution in [-0.4, -0.2) is 34.9 Å². The lowest BCUT2D eigenvalue weighted by Crippen LogP contribution is -2.45. The molecule has 1 atom stereocenters. The third-order valence-electron chi connectivity index (χ3n) is 2.39. The molecule has 0 aliphatic rings. The van der Waals surface area contributed by atoms with Gasteiger partial charge in [-0.2, -0.15) is 0 Å². The van der Waals surface area contributed by atoms with Crippen molar-refractivity contribution in [1.29, 1.82) is 0 Å². The van der Waals surface area contributed by atoms with Crippen molar-refractivity contribution in [2.45, 2.75) is 45.6 Å². The molecule has 0 aromatic heterocycles. The quantitative estimate of drug-likeness (QED) is 0.319. The highest BCUT2D eigenvalue weighted by atomic mass is 127. The zero-order valence-electron chi connectivity index (χ0n) is 11.4. The maximum absolute atomic E-state index is 11.8. The van der Waals surface area contributed by atoms with Gasteiger partial charge in [-0.15, -0.1) is 0 Å². The molecule has 0 fully saturated rings. The first-order valence-electron chi connectivity index (χ1n) is 6.51. The Morgan fingerprint density at radius 2 is 1.63 bits per heavy atom. The molecular formula is C12H22IN3O3. The van der Waals surface area contributed by atoms with Crippen molar-refractivity contribution in [1.82, 2.24) is 16.0 Å². The third kappa shape index (κ3) is 9.69. The Labute approximate surface area is 127 Å². The molecule has 0 rings (SSSR count). The topological polar surface area (TPSA) is 87.3 Å². The van der Waals surface area contributed by atoms with E-state index in [2.05, 4.69) is 16.0 Å². The van der Waals surface area contributed by atoms with Gasteiger partial charge in [0.15, 0.2) is 0 Å². The van der Waals surface area contributed by atoms with Crippen LogP contribution in [0, 0.1) is 0 Å². The van der Waals surface area contributed by atoms with Gasteiger partial charge in [-0.3, -0.25) is 14.4 Å². The first-order valence-corrected chi connectivity index (χ1v) is 7.59. The van der Waals surface area contributed by atoms with E-state index in [4.69, 9.17) is 0 Å². The Bertz CT molecular complexity index is 311. The summed E-state index contributed by atoms with van der Waals surface area (Å²) < 4.78 is -0.303. The standard InChI is InChI=1S/C12H22IN3O3/c1-3-7-14-10(17)6-5-9(16-12(13)19)11(18)15-8-4-2/h9H,3-8H2,1-2H3,(H,14,17)(H,15,18)(H,16,19). The van der Waals surface area contributed by atoms with E-state index in [0.29, 0.717) is 19.5 Å². The van der Waals surface area contributed by atoms with E-state index in [-0.39, 0.29) is 22.1 Å². The van der Waals surface area contributed by atoms with Gasteiger partial charge >= 0.3 is 0 Å². The normalized spacial score (nSPS) is 11.5. The lowest BCUT2D eigenvalue weighted by Gasteiger charge is -2.16. The number of hydrogen-bond acceptors (Lipinski definition) is 3. The van der Waals surface area contributed by atoms with E-state index in [1.165, 1.54) is 0 Å². The van der Waals surface area contributed by atoms with Crippen LogP contribution in [-0.2, 0) is 9.59 Å². The molecule has 0 spiro atoms. The average Bonchev–Trinajstić information content (AvgIpc) is 2.37. The predicted octanol–water partition coefficient (Wildman–Crippen LogP) is 1.33. The van der Waals surface area contributed by atoms with E-state index >= 15 is 0 Å². The molecule has 3 amide bonds. The molecule has 1 unspecified atom stereocenters. The SMILES string of the molecule is CCCNC(=O)CCC(NC(=O)I)C(=O)NCCC. The molecule has 0 aliphatic heterocycles. The Kier molecular flexibility index (Phi) is 10.5. The first-order chi connectivity index (χ1) is 9.01. The van der Waals surface area contributed by atoms with E-state index in [9.17, 15) is 14.4 Å². The van der Waals surface area contributed by atoms with Crippen molar-refractivity contribution in [3.05, 3.63) is 0 Å². The van der Waals surface area contributed by atoms with Crippen molar-refractivity contribution < 1.29 is 14.4 Å². The maximum atomic E-state index is 11.8. The molecule has 0 heterocycles.